The highest BCUT2D eigenvalue weighted by Crippen LogP contribution is 2.34. The summed E-state index contributed by atoms with van der Waals surface area (Å²) in [6, 6.07) is 15.7. The second kappa shape index (κ2) is 8.20. The van der Waals surface area contributed by atoms with Gasteiger partial charge in [-0.25, -0.2) is 8.78 Å². The van der Waals surface area contributed by atoms with Gasteiger partial charge in [-0.15, -0.1) is 0 Å². The molecule has 1 aliphatic rings. The zero-order chi connectivity index (χ0) is 21.1. The fraction of sp³-hybridized carbons (Fsp3) is 0.0909. The fourth-order valence-electron chi connectivity index (χ4n) is 3.00. The Hall–Kier alpha value is -3.94. The maximum Gasteiger partial charge on any atom is 0.256 e. The van der Waals surface area contributed by atoms with Crippen molar-refractivity contribution in [2.45, 2.75) is 6.17 Å². The Morgan fingerprint density at radius 3 is 1.87 bits per heavy atom. The molecule has 1 aliphatic heterocycles. The van der Waals surface area contributed by atoms with Gasteiger partial charge in [-0.3, -0.25) is 9.59 Å². The van der Waals surface area contributed by atoms with Crippen molar-refractivity contribution in [3.05, 3.63) is 95.1 Å². The Balaban J connectivity index is 1.64. The SMILES string of the molecule is O=C(NC(NC(=O)c1ccccc1F)c1ccc2c(c1)OCO2)c1ccccc1F. The van der Waals surface area contributed by atoms with Crippen LogP contribution in [0.4, 0.5) is 8.78 Å². The molecular formula is C22H16F2N2O4. The van der Waals surface area contributed by atoms with Crippen molar-refractivity contribution >= 4 is 11.8 Å². The minimum absolute atomic E-state index is 0.0482. The molecule has 4 rings (SSSR count). The third-order valence-corrected chi connectivity index (χ3v) is 4.52. The largest absolute Gasteiger partial charge is 0.454 e. The fourth-order valence-corrected chi connectivity index (χ4v) is 3.00. The Labute approximate surface area is 170 Å². The molecule has 2 N–H and O–H groups in total. The minimum atomic E-state index is -1.08. The van der Waals surface area contributed by atoms with Crippen LogP contribution in [0.3, 0.4) is 0 Å². The number of carbonyl (C=O) groups excluding carboxylic acids is 2. The molecule has 0 saturated heterocycles. The van der Waals surface area contributed by atoms with E-state index in [-0.39, 0.29) is 17.9 Å². The lowest BCUT2D eigenvalue weighted by Crippen LogP contribution is -2.41. The Morgan fingerprint density at radius 1 is 0.767 bits per heavy atom. The number of nitrogens with one attached hydrogen (secondary N) is 2. The van der Waals surface area contributed by atoms with Crippen LogP contribution in [-0.4, -0.2) is 18.6 Å². The van der Waals surface area contributed by atoms with E-state index in [1.165, 1.54) is 36.4 Å². The first kappa shape index (κ1) is 19.4. The lowest BCUT2D eigenvalue weighted by molar-refractivity contribution is 0.0879. The summed E-state index contributed by atoms with van der Waals surface area (Å²) < 4.78 is 38.6. The number of hydrogen-bond donors (Lipinski definition) is 2. The predicted molar refractivity (Wildman–Crippen MR) is 103 cm³/mol. The van der Waals surface area contributed by atoms with Gasteiger partial charge in [0, 0.05) is 0 Å². The number of amides is 2. The van der Waals surface area contributed by atoms with E-state index in [0.717, 1.165) is 12.1 Å². The van der Waals surface area contributed by atoms with Crippen LogP contribution in [0.5, 0.6) is 11.5 Å². The van der Waals surface area contributed by atoms with E-state index in [0.29, 0.717) is 17.1 Å². The van der Waals surface area contributed by atoms with E-state index >= 15 is 0 Å². The lowest BCUT2D eigenvalue weighted by atomic mass is 10.1. The van der Waals surface area contributed by atoms with Crippen molar-refractivity contribution < 1.29 is 27.8 Å². The molecule has 0 atom stereocenters. The van der Waals surface area contributed by atoms with Gasteiger partial charge in [0.25, 0.3) is 11.8 Å². The summed E-state index contributed by atoms with van der Waals surface area (Å²) in [6.07, 6.45) is -1.08. The second-order valence-electron chi connectivity index (χ2n) is 6.45. The maximum atomic E-state index is 14.0. The van der Waals surface area contributed by atoms with E-state index in [1.807, 2.05) is 0 Å². The van der Waals surface area contributed by atoms with Crippen LogP contribution in [0, 0.1) is 11.6 Å². The summed E-state index contributed by atoms with van der Waals surface area (Å²) in [6.45, 7) is 0.0482. The van der Waals surface area contributed by atoms with E-state index < -0.39 is 29.6 Å². The zero-order valence-corrected chi connectivity index (χ0v) is 15.5. The Morgan fingerprint density at radius 2 is 1.30 bits per heavy atom. The highest BCUT2D eigenvalue weighted by Gasteiger charge is 2.24. The molecule has 3 aromatic carbocycles. The first-order chi connectivity index (χ1) is 14.5. The minimum Gasteiger partial charge on any atom is -0.454 e. The molecule has 3 aromatic rings. The standard InChI is InChI=1S/C22H16F2N2O4/c23-16-7-3-1-5-14(16)21(27)25-20(13-9-10-18-19(11-13)30-12-29-18)26-22(28)15-6-2-4-8-17(15)24/h1-11,20H,12H2,(H,25,27)(H,26,28). The molecule has 0 unspecified atom stereocenters. The van der Waals surface area contributed by atoms with Crippen molar-refractivity contribution in [3.8, 4) is 11.5 Å². The summed E-state index contributed by atoms with van der Waals surface area (Å²) in [5.41, 5.74) is 0.0559. The van der Waals surface area contributed by atoms with Gasteiger partial charge >= 0.3 is 0 Å². The molecule has 0 bridgehead atoms. The summed E-state index contributed by atoms with van der Waals surface area (Å²) in [5.74, 6) is -1.97. The highest BCUT2D eigenvalue weighted by atomic mass is 19.1. The molecule has 0 aliphatic carbocycles. The number of rotatable bonds is 5. The summed E-state index contributed by atoms with van der Waals surface area (Å²) >= 11 is 0. The van der Waals surface area contributed by atoms with E-state index in [9.17, 15) is 18.4 Å². The first-order valence-electron chi connectivity index (χ1n) is 9.03. The average Bonchev–Trinajstić information content (AvgIpc) is 3.21. The zero-order valence-electron chi connectivity index (χ0n) is 15.5. The van der Waals surface area contributed by atoms with Gasteiger partial charge in [0.15, 0.2) is 11.5 Å². The molecular weight excluding hydrogens is 394 g/mol. The van der Waals surface area contributed by atoms with E-state index in [4.69, 9.17) is 9.47 Å². The molecule has 0 fully saturated rings. The van der Waals surface area contributed by atoms with Crippen molar-refractivity contribution in [1.29, 1.82) is 0 Å². The van der Waals surface area contributed by atoms with Crippen molar-refractivity contribution in [2.75, 3.05) is 6.79 Å². The third-order valence-electron chi connectivity index (χ3n) is 4.52. The van der Waals surface area contributed by atoms with E-state index in [2.05, 4.69) is 10.6 Å². The van der Waals surface area contributed by atoms with Gasteiger partial charge in [0.05, 0.1) is 11.1 Å². The van der Waals surface area contributed by atoms with Gasteiger partial charge in [0.1, 0.15) is 17.8 Å². The molecule has 30 heavy (non-hydrogen) atoms. The lowest BCUT2D eigenvalue weighted by Gasteiger charge is -2.21. The summed E-state index contributed by atoms with van der Waals surface area (Å²) in [7, 11) is 0. The average molecular weight is 410 g/mol. The van der Waals surface area contributed by atoms with Crippen LogP contribution in [0.15, 0.2) is 66.7 Å². The van der Waals surface area contributed by atoms with Crippen LogP contribution in [0.1, 0.15) is 32.4 Å². The summed E-state index contributed by atoms with van der Waals surface area (Å²) in [5, 5.41) is 5.14. The maximum absolute atomic E-state index is 14.0. The molecule has 1 heterocycles. The van der Waals surface area contributed by atoms with Crippen molar-refractivity contribution in [2.24, 2.45) is 0 Å². The molecule has 0 spiro atoms. The van der Waals surface area contributed by atoms with Gasteiger partial charge in [-0.1, -0.05) is 30.3 Å². The Kier molecular flexibility index (Phi) is 5.30. The third kappa shape index (κ3) is 3.93. The number of carbonyl (C=O) groups is 2. The quantitative estimate of drug-likeness (QED) is 0.631. The molecule has 152 valence electrons. The van der Waals surface area contributed by atoms with Crippen molar-refractivity contribution in [3.63, 3.8) is 0 Å². The predicted octanol–water partition coefficient (Wildman–Crippen LogP) is 3.55. The van der Waals surface area contributed by atoms with Crippen LogP contribution >= 0.6 is 0 Å². The van der Waals surface area contributed by atoms with Crippen LogP contribution in [0.25, 0.3) is 0 Å². The molecule has 0 radical (unpaired) electrons. The molecule has 0 aromatic heterocycles. The normalized spacial score (nSPS) is 12.0. The monoisotopic (exact) mass is 410 g/mol. The smallest absolute Gasteiger partial charge is 0.256 e. The molecule has 2 amide bonds. The molecule has 0 saturated carbocycles. The van der Waals surface area contributed by atoms with Gasteiger partial charge in [-0.2, -0.15) is 0 Å². The number of hydrogen-bond acceptors (Lipinski definition) is 4. The van der Waals surface area contributed by atoms with Gasteiger partial charge < -0.3 is 20.1 Å². The second-order valence-corrected chi connectivity index (χ2v) is 6.45. The first-order valence-corrected chi connectivity index (χ1v) is 9.03. The van der Waals surface area contributed by atoms with E-state index in [1.54, 1.807) is 18.2 Å². The molecule has 6 nitrogen and oxygen atoms in total. The highest BCUT2D eigenvalue weighted by molar-refractivity contribution is 5.97. The number of fused-ring (bicyclic) bond motifs is 1. The van der Waals surface area contributed by atoms with Crippen LogP contribution < -0.4 is 20.1 Å². The van der Waals surface area contributed by atoms with Crippen LogP contribution in [-0.2, 0) is 0 Å². The topological polar surface area (TPSA) is 76.7 Å². The molecule has 8 heteroatoms. The number of benzene rings is 3. The van der Waals surface area contributed by atoms with Gasteiger partial charge in [-0.05, 0) is 42.0 Å². The van der Waals surface area contributed by atoms with Gasteiger partial charge in [0.2, 0.25) is 6.79 Å². The Bertz CT molecular complexity index is 1060. The van der Waals surface area contributed by atoms with Crippen molar-refractivity contribution in [1.82, 2.24) is 10.6 Å². The number of ether oxygens (including phenoxy) is 2. The summed E-state index contributed by atoms with van der Waals surface area (Å²) in [4.78, 5) is 25.3. The van der Waals surface area contributed by atoms with Crippen LogP contribution in [0.2, 0.25) is 0 Å². The number of halogens is 2.